The van der Waals surface area contributed by atoms with E-state index in [1.165, 1.54) is 0 Å². The standard InChI is InChI=1S/C17H21NO4/c1-2-21-15-5-3-4-13-8-14(11-22-16(13)15)17(19)18-9-12-6-7-20-10-12/h3-5,8,12H,2,6-7,9-11H2,1H3,(H,18,19). The van der Waals surface area contributed by atoms with Gasteiger partial charge in [-0.05, 0) is 25.5 Å². The number of carbonyl (C=O) groups excluding carboxylic acids is 1. The first-order chi connectivity index (χ1) is 10.8. The number of carbonyl (C=O) groups is 1. The third-order valence-corrected chi connectivity index (χ3v) is 3.88. The summed E-state index contributed by atoms with van der Waals surface area (Å²) in [5, 5.41) is 2.97. The van der Waals surface area contributed by atoms with Crippen LogP contribution in [0.25, 0.3) is 6.08 Å². The molecule has 0 aromatic heterocycles. The molecule has 1 atom stereocenters. The highest BCUT2D eigenvalue weighted by Crippen LogP contribution is 2.35. The summed E-state index contributed by atoms with van der Waals surface area (Å²) in [6, 6.07) is 5.71. The Morgan fingerprint density at radius 2 is 2.36 bits per heavy atom. The van der Waals surface area contributed by atoms with E-state index in [0.717, 1.165) is 30.9 Å². The van der Waals surface area contributed by atoms with Gasteiger partial charge in [0.2, 0.25) is 0 Å². The molecule has 118 valence electrons. The number of amides is 1. The van der Waals surface area contributed by atoms with Gasteiger partial charge >= 0.3 is 0 Å². The van der Waals surface area contributed by atoms with Crippen molar-refractivity contribution in [3.05, 3.63) is 29.3 Å². The number of hydrogen-bond acceptors (Lipinski definition) is 4. The van der Waals surface area contributed by atoms with Crippen LogP contribution in [0.15, 0.2) is 23.8 Å². The van der Waals surface area contributed by atoms with Crippen LogP contribution in [0.1, 0.15) is 18.9 Å². The molecule has 1 unspecified atom stereocenters. The second-order valence-corrected chi connectivity index (χ2v) is 5.51. The van der Waals surface area contributed by atoms with Crippen molar-refractivity contribution in [3.8, 4) is 11.5 Å². The van der Waals surface area contributed by atoms with Crippen molar-refractivity contribution in [2.75, 3.05) is 33.0 Å². The van der Waals surface area contributed by atoms with E-state index in [1.54, 1.807) is 0 Å². The van der Waals surface area contributed by atoms with Crippen LogP contribution in [0.5, 0.6) is 11.5 Å². The normalized spacial score (nSPS) is 19.9. The SMILES string of the molecule is CCOc1cccc2c1OCC(C(=O)NCC1CCOC1)=C2. The van der Waals surface area contributed by atoms with Gasteiger partial charge in [-0.15, -0.1) is 0 Å². The van der Waals surface area contributed by atoms with Crippen molar-refractivity contribution < 1.29 is 19.0 Å². The first kappa shape index (κ1) is 14.9. The van der Waals surface area contributed by atoms with Gasteiger partial charge in [0.25, 0.3) is 5.91 Å². The maximum atomic E-state index is 12.2. The van der Waals surface area contributed by atoms with E-state index in [0.29, 0.717) is 30.4 Å². The molecule has 1 N–H and O–H groups in total. The summed E-state index contributed by atoms with van der Waals surface area (Å²) in [6.45, 7) is 4.96. The molecule has 1 fully saturated rings. The summed E-state index contributed by atoms with van der Waals surface area (Å²) < 4.78 is 16.6. The Balaban J connectivity index is 1.67. The summed E-state index contributed by atoms with van der Waals surface area (Å²) in [6.07, 6.45) is 2.89. The van der Waals surface area contributed by atoms with Crippen LogP contribution in [0.2, 0.25) is 0 Å². The minimum absolute atomic E-state index is 0.0700. The van der Waals surface area contributed by atoms with Crippen molar-refractivity contribution in [2.24, 2.45) is 5.92 Å². The Kier molecular flexibility index (Phi) is 4.63. The predicted molar refractivity (Wildman–Crippen MR) is 83.0 cm³/mol. The van der Waals surface area contributed by atoms with Gasteiger partial charge in [0, 0.05) is 24.6 Å². The number of nitrogens with one attached hydrogen (secondary N) is 1. The summed E-state index contributed by atoms with van der Waals surface area (Å²) in [4.78, 5) is 12.2. The zero-order chi connectivity index (χ0) is 15.4. The summed E-state index contributed by atoms with van der Waals surface area (Å²) in [7, 11) is 0. The molecular weight excluding hydrogens is 282 g/mol. The lowest BCUT2D eigenvalue weighted by molar-refractivity contribution is -0.117. The van der Waals surface area contributed by atoms with Crippen LogP contribution >= 0.6 is 0 Å². The van der Waals surface area contributed by atoms with E-state index in [2.05, 4.69) is 5.32 Å². The molecular formula is C17H21NO4. The van der Waals surface area contributed by atoms with Crippen LogP contribution < -0.4 is 14.8 Å². The lowest BCUT2D eigenvalue weighted by atomic mass is 10.1. The monoisotopic (exact) mass is 303 g/mol. The van der Waals surface area contributed by atoms with Crippen molar-refractivity contribution in [3.63, 3.8) is 0 Å². The molecule has 0 saturated carbocycles. The topological polar surface area (TPSA) is 56.8 Å². The minimum atomic E-state index is -0.0700. The van der Waals surface area contributed by atoms with Crippen molar-refractivity contribution >= 4 is 12.0 Å². The zero-order valence-electron chi connectivity index (χ0n) is 12.8. The molecule has 3 rings (SSSR count). The Bertz CT molecular complexity index is 576. The van der Waals surface area contributed by atoms with Gasteiger partial charge in [-0.3, -0.25) is 4.79 Å². The highest BCUT2D eigenvalue weighted by Gasteiger charge is 2.22. The molecule has 1 aromatic carbocycles. The first-order valence-electron chi connectivity index (χ1n) is 7.73. The van der Waals surface area contributed by atoms with Crippen LogP contribution in [-0.2, 0) is 9.53 Å². The average molecular weight is 303 g/mol. The highest BCUT2D eigenvalue weighted by atomic mass is 16.5. The average Bonchev–Trinajstić information content (AvgIpc) is 3.06. The largest absolute Gasteiger partial charge is 0.490 e. The van der Waals surface area contributed by atoms with Crippen molar-refractivity contribution in [2.45, 2.75) is 13.3 Å². The van der Waals surface area contributed by atoms with E-state index in [1.807, 2.05) is 31.2 Å². The van der Waals surface area contributed by atoms with Crippen LogP contribution in [0.3, 0.4) is 0 Å². The molecule has 2 aliphatic heterocycles. The number of ether oxygens (including phenoxy) is 3. The van der Waals surface area contributed by atoms with Crippen molar-refractivity contribution in [1.29, 1.82) is 0 Å². The second kappa shape index (κ2) is 6.83. The first-order valence-corrected chi connectivity index (χ1v) is 7.73. The van der Waals surface area contributed by atoms with E-state index < -0.39 is 0 Å². The van der Waals surface area contributed by atoms with Gasteiger partial charge in [0.1, 0.15) is 6.61 Å². The Hall–Kier alpha value is -2.01. The Morgan fingerprint density at radius 1 is 1.45 bits per heavy atom. The number of rotatable bonds is 5. The van der Waals surface area contributed by atoms with E-state index in [4.69, 9.17) is 14.2 Å². The van der Waals surface area contributed by atoms with Gasteiger partial charge in [-0.25, -0.2) is 0 Å². The number of hydrogen-bond donors (Lipinski definition) is 1. The molecule has 2 aliphatic rings. The van der Waals surface area contributed by atoms with Gasteiger partial charge in [-0.2, -0.15) is 0 Å². The van der Waals surface area contributed by atoms with Crippen LogP contribution in [0.4, 0.5) is 0 Å². The zero-order valence-corrected chi connectivity index (χ0v) is 12.8. The smallest absolute Gasteiger partial charge is 0.250 e. The number of fused-ring (bicyclic) bond motifs is 1. The third kappa shape index (κ3) is 3.25. The lowest BCUT2D eigenvalue weighted by Crippen LogP contribution is -2.32. The molecule has 0 spiro atoms. The summed E-state index contributed by atoms with van der Waals surface area (Å²) in [5.74, 6) is 1.79. The quantitative estimate of drug-likeness (QED) is 0.904. The number of benzene rings is 1. The molecule has 22 heavy (non-hydrogen) atoms. The summed E-state index contributed by atoms with van der Waals surface area (Å²) >= 11 is 0. The fourth-order valence-corrected chi connectivity index (χ4v) is 2.68. The summed E-state index contributed by atoms with van der Waals surface area (Å²) in [5.41, 5.74) is 1.52. The highest BCUT2D eigenvalue weighted by molar-refractivity contribution is 5.99. The van der Waals surface area contributed by atoms with E-state index in [-0.39, 0.29) is 12.5 Å². The molecule has 0 bridgehead atoms. The van der Waals surface area contributed by atoms with Gasteiger partial charge < -0.3 is 19.5 Å². The third-order valence-electron chi connectivity index (χ3n) is 3.88. The van der Waals surface area contributed by atoms with Crippen LogP contribution in [0, 0.1) is 5.92 Å². The molecule has 5 nitrogen and oxygen atoms in total. The molecule has 0 radical (unpaired) electrons. The second-order valence-electron chi connectivity index (χ2n) is 5.51. The molecule has 2 heterocycles. The molecule has 1 saturated heterocycles. The number of para-hydroxylation sites is 1. The lowest BCUT2D eigenvalue weighted by Gasteiger charge is -2.20. The van der Waals surface area contributed by atoms with Gasteiger partial charge in [0.05, 0.1) is 18.8 Å². The van der Waals surface area contributed by atoms with Gasteiger partial charge in [0.15, 0.2) is 11.5 Å². The molecule has 5 heteroatoms. The van der Waals surface area contributed by atoms with Crippen molar-refractivity contribution in [1.82, 2.24) is 5.32 Å². The fraction of sp³-hybridized carbons (Fsp3) is 0.471. The van der Waals surface area contributed by atoms with E-state index in [9.17, 15) is 4.79 Å². The molecule has 1 aromatic rings. The van der Waals surface area contributed by atoms with Crippen LogP contribution in [-0.4, -0.2) is 38.9 Å². The Labute approximate surface area is 130 Å². The van der Waals surface area contributed by atoms with E-state index >= 15 is 0 Å². The molecule has 0 aliphatic carbocycles. The Morgan fingerprint density at radius 3 is 3.14 bits per heavy atom. The van der Waals surface area contributed by atoms with Gasteiger partial charge in [-0.1, -0.05) is 12.1 Å². The predicted octanol–water partition coefficient (Wildman–Crippen LogP) is 2.01. The maximum absolute atomic E-state index is 12.2. The minimum Gasteiger partial charge on any atom is -0.490 e. The fourth-order valence-electron chi connectivity index (χ4n) is 2.68. The molecule has 1 amide bonds. The maximum Gasteiger partial charge on any atom is 0.250 e.